The highest BCUT2D eigenvalue weighted by molar-refractivity contribution is 4.99. The van der Waals surface area contributed by atoms with Gasteiger partial charge in [-0.3, -0.25) is 5.10 Å². The number of aromatic nitrogens is 3. The maximum atomic E-state index is 4.49. The zero-order valence-corrected chi connectivity index (χ0v) is 8.96. The number of hydrogen-bond acceptors (Lipinski definition) is 2. The van der Waals surface area contributed by atoms with E-state index in [0.717, 1.165) is 24.5 Å². The number of nitrogens with zero attached hydrogens (tertiary/aromatic N) is 2. The van der Waals surface area contributed by atoms with E-state index in [4.69, 9.17) is 0 Å². The van der Waals surface area contributed by atoms with Crippen LogP contribution < -0.4 is 0 Å². The molecule has 1 aromatic heterocycles. The largest absolute Gasteiger partial charge is 0.263 e. The summed E-state index contributed by atoms with van der Waals surface area (Å²) in [4.78, 5) is 4.49. The topological polar surface area (TPSA) is 41.6 Å². The summed E-state index contributed by atoms with van der Waals surface area (Å²) in [6.07, 6.45) is 2.20. The Morgan fingerprint density at radius 3 is 2.31 bits per heavy atom. The van der Waals surface area contributed by atoms with Gasteiger partial charge in [-0.1, -0.05) is 27.7 Å². The fourth-order valence-electron chi connectivity index (χ4n) is 1.10. The van der Waals surface area contributed by atoms with Crippen LogP contribution in [0.2, 0.25) is 0 Å². The molecule has 0 aliphatic heterocycles. The highest BCUT2D eigenvalue weighted by Crippen LogP contribution is 2.18. The first-order valence-corrected chi connectivity index (χ1v) is 5.11. The summed E-state index contributed by atoms with van der Waals surface area (Å²) in [6, 6.07) is 0. The van der Waals surface area contributed by atoms with E-state index in [1.807, 2.05) is 0 Å². The summed E-state index contributed by atoms with van der Waals surface area (Å²) in [6.45, 7) is 8.64. The number of hydrogen-bond donors (Lipinski definition) is 1. The number of aromatic amines is 1. The third-order valence-electron chi connectivity index (χ3n) is 2.65. The normalized spacial score (nSPS) is 15.7. The van der Waals surface area contributed by atoms with Crippen LogP contribution in [0, 0.1) is 0 Å². The maximum absolute atomic E-state index is 4.49. The van der Waals surface area contributed by atoms with Gasteiger partial charge in [0.2, 0.25) is 0 Å². The molecule has 0 aliphatic carbocycles. The molecule has 0 bridgehead atoms. The molecule has 0 radical (unpaired) electrons. The van der Waals surface area contributed by atoms with Crippen molar-refractivity contribution in [3.8, 4) is 0 Å². The first kappa shape index (κ1) is 10.2. The molecule has 0 saturated heterocycles. The lowest BCUT2D eigenvalue weighted by Crippen LogP contribution is -1.96. The molecule has 13 heavy (non-hydrogen) atoms. The average molecular weight is 181 g/mol. The second-order valence-electron chi connectivity index (χ2n) is 3.70. The standard InChI is InChI=1S/C10H19N3/c1-5-7(3)9-11-10(13-12-9)8(4)6-2/h7-8H,5-6H2,1-4H3,(H,11,12,13). The average Bonchev–Trinajstić information content (AvgIpc) is 2.64. The Balaban J connectivity index is 2.74. The van der Waals surface area contributed by atoms with Gasteiger partial charge in [0.1, 0.15) is 5.82 Å². The van der Waals surface area contributed by atoms with Gasteiger partial charge in [0, 0.05) is 11.8 Å². The van der Waals surface area contributed by atoms with Crippen LogP contribution in [0.15, 0.2) is 0 Å². The summed E-state index contributed by atoms with van der Waals surface area (Å²) in [5, 5.41) is 7.23. The van der Waals surface area contributed by atoms with E-state index >= 15 is 0 Å². The molecule has 3 heteroatoms. The van der Waals surface area contributed by atoms with Crippen molar-refractivity contribution in [3.05, 3.63) is 11.6 Å². The smallest absolute Gasteiger partial charge is 0.153 e. The molecule has 74 valence electrons. The molecule has 2 unspecified atom stereocenters. The molecule has 0 aliphatic rings. The van der Waals surface area contributed by atoms with Crippen LogP contribution in [0.25, 0.3) is 0 Å². The van der Waals surface area contributed by atoms with E-state index in [-0.39, 0.29) is 0 Å². The lowest BCUT2D eigenvalue weighted by atomic mass is 10.1. The fourth-order valence-corrected chi connectivity index (χ4v) is 1.10. The van der Waals surface area contributed by atoms with Crippen LogP contribution in [-0.4, -0.2) is 15.2 Å². The molecule has 0 spiro atoms. The summed E-state index contributed by atoms with van der Waals surface area (Å²) >= 11 is 0. The zero-order valence-electron chi connectivity index (χ0n) is 8.96. The minimum absolute atomic E-state index is 0.467. The van der Waals surface area contributed by atoms with Gasteiger partial charge in [-0.2, -0.15) is 5.10 Å². The Kier molecular flexibility index (Phi) is 3.46. The van der Waals surface area contributed by atoms with Gasteiger partial charge in [-0.05, 0) is 12.8 Å². The third kappa shape index (κ3) is 2.29. The number of nitrogens with one attached hydrogen (secondary N) is 1. The van der Waals surface area contributed by atoms with Gasteiger partial charge in [-0.25, -0.2) is 4.98 Å². The number of rotatable bonds is 4. The Hall–Kier alpha value is -0.860. The molecule has 0 saturated carbocycles. The second kappa shape index (κ2) is 4.40. The van der Waals surface area contributed by atoms with Gasteiger partial charge >= 0.3 is 0 Å². The maximum Gasteiger partial charge on any atom is 0.153 e. The Bertz CT molecular complexity index is 230. The van der Waals surface area contributed by atoms with E-state index in [0.29, 0.717) is 11.8 Å². The molecule has 2 atom stereocenters. The first-order valence-electron chi connectivity index (χ1n) is 5.11. The molecule has 0 fully saturated rings. The van der Waals surface area contributed by atoms with E-state index in [1.54, 1.807) is 0 Å². The number of H-pyrrole nitrogens is 1. The van der Waals surface area contributed by atoms with Gasteiger partial charge in [0.15, 0.2) is 5.82 Å². The van der Waals surface area contributed by atoms with Gasteiger partial charge in [-0.15, -0.1) is 0 Å². The fraction of sp³-hybridized carbons (Fsp3) is 0.800. The van der Waals surface area contributed by atoms with Crippen molar-refractivity contribution in [2.24, 2.45) is 0 Å². The summed E-state index contributed by atoms with van der Waals surface area (Å²) in [5.74, 6) is 2.94. The molecule has 0 amide bonds. The van der Waals surface area contributed by atoms with Crippen molar-refractivity contribution in [2.75, 3.05) is 0 Å². The van der Waals surface area contributed by atoms with Crippen molar-refractivity contribution in [2.45, 2.75) is 52.4 Å². The summed E-state index contributed by atoms with van der Waals surface area (Å²) in [7, 11) is 0. The molecule has 1 heterocycles. The zero-order chi connectivity index (χ0) is 9.84. The predicted molar refractivity (Wildman–Crippen MR) is 53.8 cm³/mol. The Morgan fingerprint density at radius 1 is 1.15 bits per heavy atom. The lowest BCUT2D eigenvalue weighted by molar-refractivity contribution is 0.670. The quantitative estimate of drug-likeness (QED) is 0.776. The SMILES string of the molecule is CCC(C)c1n[nH]c(C(C)CC)n1. The minimum Gasteiger partial charge on any atom is -0.263 e. The third-order valence-corrected chi connectivity index (χ3v) is 2.65. The van der Waals surface area contributed by atoms with Crippen LogP contribution in [0.5, 0.6) is 0 Å². The summed E-state index contributed by atoms with van der Waals surface area (Å²) < 4.78 is 0. The Morgan fingerprint density at radius 2 is 1.77 bits per heavy atom. The first-order chi connectivity index (χ1) is 6.19. The molecule has 1 aromatic rings. The van der Waals surface area contributed by atoms with E-state index in [9.17, 15) is 0 Å². The van der Waals surface area contributed by atoms with Crippen LogP contribution in [-0.2, 0) is 0 Å². The van der Waals surface area contributed by atoms with Crippen molar-refractivity contribution in [1.29, 1.82) is 0 Å². The van der Waals surface area contributed by atoms with Crippen molar-refractivity contribution in [1.82, 2.24) is 15.2 Å². The lowest BCUT2D eigenvalue weighted by Gasteiger charge is -2.02. The van der Waals surface area contributed by atoms with Crippen LogP contribution in [0.3, 0.4) is 0 Å². The Labute approximate surface area is 80.0 Å². The summed E-state index contributed by atoms with van der Waals surface area (Å²) in [5.41, 5.74) is 0. The van der Waals surface area contributed by atoms with E-state index in [2.05, 4.69) is 42.9 Å². The minimum atomic E-state index is 0.467. The predicted octanol–water partition coefficient (Wildman–Crippen LogP) is 2.83. The van der Waals surface area contributed by atoms with Crippen LogP contribution in [0.1, 0.15) is 64.0 Å². The van der Waals surface area contributed by atoms with Crippen LogP contribution in [0.4, 0.5) is 0 Å². The monoisotopic (exact) mass is 181 g/mol. The van der Waals surface area contributed by atoms with E-state index < -0.39 is 0 Å². The molecule has 0 aromatic carbocycles. The van der Waals surface area contributed by atoms with Crippen molar-refractivity contribution < 1.29 is 0 Å². The van der Waals surface area contributed by atoms with Crippen LogP contribution >= 0.6 is 0 Å². The van der Waals surface area contributed by atoms with Crippen molar-refractivity contribution in [3.63, 3.8) is 0 Å². The van der Waals surface area contributed by atoms with Gasteiger partial charge < -0.3 is 0 Å². The molecule has 1 rings (SSSR count). The van der Waals surface area contributed by atoms with Gasteiger partial charge in [0.25, 0.3) is 0 Å². The van der Waals surface area contributed by atoms with Gasteiger partial charge in [0.05, 0.1) is 0 Å². The van der Waals surface area contributed by atoms with E-state index in [1.165, 1.54) is 0 Å². The second-order valence-corrected chi connectivity index (χ2v) is 3.70. The molecule has 3 nitrogen and oxygen atoms in total. The van der Waals surface area contributed by atoms with Crippen molar-refractivity contribution >= 4 is 0 Å². The molecular formula is C10H19N3. The highest BCUT2D eigenvalue weighted by atomic mass is 15.2. The molecule has 1 N–H and O–H groups in total. The highest BCUT2D eigenvalue weighted by Gasteiger charge is 2.12. The molecular weight excluding hydrogens is 162 g/mol.